The lowest BCUT2D eigenvalue weighted by molar-refractivity contribution is -0.158. The van der Waals surface area contributed by atoms with Crippen LogP contribution in [0.2, 0.25) is 0 Å². The van der Waals surface area contributed by atoms with Gasteiger partial charge in [-0.1, -0.05) is 13.0 Å². The van der Waals surface area contributed by atoms with E-state index in [-0.39, 0.29) is 36.0 Å². The average Bonchev–Trinajstić information content (AvgIpc) is 2.76. The number of hydrogen-bond donors (Lipinski definition) is 0. The highest BCUT2D eigenvalue weighted by Gasteiger charge is 2.30. The van der Waals surface area contributed by atoms with Crippen molar-refractivity contribution in [3.05, 3.63) is 12.7 Å². The van der Waals surface area contributed by atoms with Gasteiger partial charge in [0.2, 0.25) is 0 Å². The molecule has 2 saturated carbocycles. The van der Waals surface area contributed by atoms with E-state index in [2.05, 4.69) is 6.58 Å². The van der Waals surface area contributed by atoms with Crippen LogP contribution >= 0.6 is 0 Å². The summed E-state index contributed by atoms with van der Waals surface area (Å²) in [4.78, 5) is 34.1. The second-order valence-corrected chi connectivity index (χ2v) is 8.24. The van der Waals surface area contributed by atoms with Crippen molar-refractivity contribution < 1.29 is 28.6 Å². The van der Waals surface area contributed by atoms with Crippen LogP contribution < -0.4 is 0 Å². The minimum absolute atomic E-state index is 0.0180. The summed E-state index contributed by atoms with van der Waals surface area (Å²) in [6, 6.07) is 0. The van der Waals surface area contributed by atoms with Crippen LogP contribution in [0.15, 0.2) is 12.7 Å². The summed E-state index contributed by atoms with van der Waals surface area (Å²) in [7, 11) is 0. The van der Waals surface area contributed by atoms with Crippen molar-refractivity contribution in [1.29, 1.82) is 0 Å². The number of rotatable bonds is 12. The molecular formula is C23H36O6. The maximum Gasteiger partial charge on any atom is 0.330 e. The van der Waals surface area contributed by atoms with Gasteiger partial charge in [-0.15, -0.1) is 0 Å². The van der Waals surface area contributed by atoms with Gasteiger partial charge in [-0.25, -0.2) is 4.79 Å². The van der Waals surface area contributed by atoms with Crippen LogP contribution in [0.25, 0.3) is 0 Å². The second kappa shape index (κ2) is 13.5. The van der Waals surface area contributed by atoms with Gasteiger partial charge in [-0.3, -0.25) is 4.79 Å². The number of ether oxygens (including phenoxy) is 3. The minimum atomic E-state index is -0.361. The van der Waals surface area contributed by atoms with Gasteiger partial charge < -0.3 is 19.0 Å². The second-order valence-electron chi connectivity index (χ2n) is 8.24. The van der Waals surface area contributed by atoms with Gasteiger partial charge in [0, 0.05) is 18.6 Å². The van der Waals surface area contributed by atoms with Crippen LogP contribution in [-0.2, 0) is 28.6 Å². The molecule has 0 atom stereocenters. The van der Waals surface area contributed by atoms with Crippen LogP contribution in [0.4, 0.5) is 0 Å². The first-order valence-corrected chi connectivity index (χ1v) is 11.2. The molecule has 0 aromatic carbocycles. The van der Waals surface area contributed by atoms with Gasteiger partial charge in [0.15, 0.2) is 0 Å². The SMILES string of the molecule is C=CC(=O)OCCCCCCOC1CCC(OC(=O)C2CCC(C=O)CC2)CC1. The zero-order chi connectivity index (χ0) is 20.9. The predicted octanol–water partition coefficient (Wildman–Crippen LogP) is 4.15. The maximum absolute atomic E-state index is 12.3. The van der Waals surface area contributed by atoms with Crippen LogP contribution in [-0.4, -0.2) is 43.6 Å². The molecule has 6 heteroatoms. The zero-order valence-corrected chi connectivity index (χ0v) is 17.5. The van der Waals surface area contributed by atoms with E-state index in [9.17, 15) is 14.4 Å². The van der Waals surface area contributed by atoms with E-state index in [0.717, 1.165) is 89.9 Å². The Bertz CT molecular complexity index is 515. The topological polar surface area (TPSA) is 78.9 Å². The predicted molar refractivity (Wildman–Crippen MR) is 109 cm³/mol. The summed E-state index contributed by atoms with van der Waals surface area (Å²) < 4.78 is 16.6. The Morgan fingerprint density at radius 2 is 1.45 bits per heavy atom. The number of aldehydes is 1. The van der Waals surface area contributed by atoms with Crippen LogP contribution in [0, 0.1) is 11.8 Å². The maximum atomic E-state index is 12.3. The molecule has 0 aromatic rings. The third-order valence-electron chi connectivity index (χ3n) is 6.00. The Kier molecular flexibility index (Phi) is 11.0. The number of hydrogen-bond acceptors (Lipinski definition) is 6. The molecule has 0 saturated heterocycles. The number of esters is 2. The van der Waals surface area contributed by atoms with E-state index < -0.39 is 0 Å². The molecule has 2 fully saturated rings. The molecule has 0 heterocycles. The van der Waals surface area contributed by atoms with Crippen molar-refractivity contribution in [2.75, 3.05) is 13.2 Å². The van der Waals surface area contributed by atoms with Crippen molar-refractivity contribution in [3.8, 4) is 0 Å². The van der Waals surface area contributed by atoms with Crippen molar-refractivity contribution in [1.82, 2.24) is 0 Å². The summed E-state index contributed by atoms with van der Waals surface area (Å²) in [5.74, 6) is -0.334. The zero-order valence-electron chi connectivity index (χ0n) is 17.5. The molecule has 0 aromatic heterocycles. The number of carbonyl (C=O) groups excluding carboxylic acids is 3. The van der Waals surface area contributed by atoms with Crippen LogP contribution in [0.3, 0.4) is 0 Å². The molecule has 0 spiro atoms. The lowest BCUT2D eigenvalue weighted by Gasteiger charge is -2.30. The Morgan fingerprint density at radius 1 is 0.828 bits per heavy atom. The fraction of sp³-hybridized carbons (Fsp3) is 0.783. The van der Waals surface area contributed by atoms with Crippen molar-refractivity contribution in [3.63, 3.8) is 0 Å². The minimum Gasteiger partial charge on any atom is -0.463 e. The molecule has 164 valence electrons. The highest BCUT2D eigenvalue weighted by Crippen LogP contribution is 2.30. The van der Waals surface area contributed by atoms with Gasteiger partial charge in [0.1, 0.15) is 12.4 Å². The van der Waals surface area contributed by atoms with Gasteiger partial charge >= 0.3 is 11.9 Å². The summed E-state index contributed by atoms with van der Waals surface area (Å²) in [5.41, 5.74) is 0. The average molecular weight is 409 g/mol. The molecule has 2 rings (SSSR count). The molecule has 29 heavy (non-hydrogen) atoms. The first-order valence-electron chi connectivity index (χ1n) is 11.2. The van der Waals surface area contributed by atoms with Crippen molar-refractivity contribution in [2.45, 2.75) is 89.3 Å². The summed E-state index contributed by atoms with van der Waals surface area (Å²) >= 11 is 0. The monoisotopic (exact) mass is 408 g/mol. The van der Waals surface area contributed by atoms with E-state index in [1.165, 1.54) is 6.08 Å². The largest absolute Gasteiger partial charge is 0.463 e. The van der Waals surface area contributed by atoms with E-state index in [4.69, 9.17) is 14.2 Å². The highest BCUT2D eigenvalue weighted by molar-refractivity contribution is 5.81. The lowest BCUT2D eigenvalue weighted by Crippen LogP contribution is -2.32. The molecule has 0 amide bonds. The Hall–Kier alpha value is -1.69. The van der Waals surface area contributed by atoms with Crippen LogP contribution in [0.5, 0.6) is 0 Å². The van der Waals surface area contributed by atoms with E-state index in [1.54, 1.807) is 0 Å². The standard InChI is InChI=1S/C23H36O6/c1-2-22(25)28-16-6-4-3-5-15-27-20-11-13-21(14-12-20)29-23(26)19-9-7-18(17-24)8-10-19/h2,17-21H,1,3-16H2. The van der Waals surface area contributed by atoms with E-state index in [0.29, 0.717) is 6.61 Å². The lowest BCUT2D eigenvalue weighted by atomic mass is 9.83. The smallest absolute Gasteiger partial charge is 0.330 e. The Balaban J connectivity index is 1.47. The van der Waals surface area contributed by atoms with Gasteiger partial charge in [0.25, 0.3) is 0 Å². The number of unbranched alkanes of at least 4 members (excludes halogenated alkanes) is 3. The quantitative estimate of drug-likeness (QED) is 0.209. The third kappa shape index (κ3) is 9.11. The highest BCUT2D eigenvalue weighted by atomic mass is 16.5. The van der Waals surface area contributed by atoms with Crippen molar-refractivity contribution in [2.24, 2.45) is 11.8 Å². The molecule has 6 nitrogen and oxygen atoms in total. The normalized spacial score (nSPS) is 27.0. The Morgan fingerprint density at radius 3 is 2.07 bits per heavy atom. The molecule has 0 unspecified atom stereocenters. The molecule has 0 N–H and O–H groups in total. The molecule has 0 bridgehead atoms. The van der Waals surface area contributed by atoms with E-state index >= 15 is 0 Å². The summed E-state index contributed by atoms with van der Waals surface area (Å²) in [5, 5.41) is 0. The summed E-state index contributed by atoms with van der Waals surface area (Å²) in [6.45, 7) is 4.57. The fourth-order valence-electron chi connectivity index (χ4n) is 4.11. The first kappa shape index (κ1) is 23.6. The third-order valence-corrected chi connectivity index (χ3v) is 6.00. The molecular weight excluding hydrogens is 372 g/mol. The van der Waals surface area contributed by atoms with Gasteiger partial charge in [-0.05, 0) is 70.6 Å². The summed E-state index contributed by atoms with van der Waals surface area (Å²) in [6.07, 6.45) is 13.2. The fourth-order valence-corrected chi connectivity index (χ4v) is 4.11. The molecule has 0 radical (unpaired) electrons. The van der Waals surface area contributed by atoms with Gasteiger partial charge in [0.05, 0.1) is 18.6 Å². The molecule has 2 aliphatic carbocycles. The number of carbonyl (C=O) groups is 3. The van der Waals surface area contributed by atoms with Gasteiger partial charge in [-0.2, -0.15) is 0 Å². The molecule has 2 aliphatic rings. The van der Waals surface area contributed by atoms with E-state index in [1.807, 2.05) is 0 Å². The molecule has 0 aliphatic heterocycles. The van der Waals surface area contributed by atoms with Crippen molar-refractivity contribution >= 4 is 18.2 Å². The Labute approximate surface area is 174 Å². The van der Waals surface area contributed by atoms with Crippen LogP contribution in [0.1, 0.15) is 77.0 Å². The first-order chi connectivity index (χ1) is 14.1.